The maximum atomic E-state index is 13.9. The lowest BCUT2D eigenvalue weighted by molar-refractivity contribution is -0.150. The number of hydrogen-bond donors (Lipinski definition) is 1. The van der Waals surface area contributed by atoms with Gasteiger partial charge in [-0.15, -0.1) is 0 Å². The number of carbonyl (C=O) groups excluding carboxylic acids is 1. The Kier molecular flexibility index (Phi) is 3.48. The molecule has 4 nitrogen and oxygen atoms in total. The SMILES string of the molecule is COC(=O)C(O)c1c(C)nc2cccc(F)c2c1C. The van der Waals surface area contributed by atoms with Gasteiger partial charge in [0.25, 0.3) is 0 Å². The minimum atomic E-state index is -1.46. The predicted molar refractivity (Wildman–Crippen MR) is 68.2 cm³/mol. The van der Waals surface area contributed by atoms with E-state index < -0.39 is 17.9 Å². The molecule has 0 radical (unpaired) electrons. The second kappa shape index (κ2) is 4.93. The molecule has 100 valence electrons. The Morgan fingerprint density at radius 1 is 1.42 bits per heavy atom. The largest absolute Gasteiger partial charge is 0.467 e. The number of carbonyl (C=O) groups is 1. The third-order valence-electron chi connectivity index (χ3n) is 3.15. The van der Waals surface area contributed by atoms with Crippen molar-refractivity contribution in [1.82, 2.24) is 4.98 Å². The first-order valence-electron chi connectivity index (χ1n) is 5.78. The summed E-state index contributed by atoms with van der Waals surface area (Å²) in [7, 11) is 1.19. The highest BCUT2D eigenvalue weighted by atomic mass is 19.1. The van der Waals surface area contributed by atoms with E-state index in [0.29, 0.717) is 27.7 Å². The van der Waals surface area contributed by atoms with Crippen LogP contribution in [-0.4, -0.2) is 23.2 Å². The Balaban J connectivity index is 2.75. The van der Waals surface area contributed by atoms with E-state index >= 15 is 0 Å². The van der Waals surface area contributed by atoms with Crippen molar-refractivity contribution in [2.75, 3.05) is 7.11 Å². The molecule has 1 aromatic heterocycles. The van der Waals surface area contributed by atoms with E-state index in [1.807, 2.05) is 0 Å². The van der Waals surface area contributed by atoms with E-state index in [1.54, 1.807) is 26.0 Å². The van der Waals surface area contributed by atoms with Crippen LogP contribution in [0.5, 0.6) is 0 Å². The van der Waals surface area contributed by atoms with Crippen LogP contribution in [0.15, 0.2) is 18.2 Å². The molecular weight excluding hydrogens is 249 g/mol. The van der Waals surface area contributed by atoms with Crippen LogP contribution in [0.1, 0.15) is 22.9 Å². The second-order valence-electron chi connectivity index (χ2n) is 4.30. The van der Waals surface area contributed by atoms with Crippen LogP contribution >= 0.6 is 0 Å². The summed E-state index contributed by atoms with van der Waals surface area (Å²) in [6.07, 6.45) is -1.46. The standard InChI is InChI=1S/C14H14FNO3/c1-7-11(13(17)14(18)19-3)8(2)16-10-6-4-5-9(15)12(7)10/h4-6,13,17H,1-3H3. The molecule has 0 saturated heterocycles. The van der Waals surface area contributed by atoms with Crippen LogP contribution in [0.2, 0.25) is 0 Å². The number of hydrogen-bond acceptors (Lipinski definition) is 4. The number of aliphatic hydroxyl groups is 1. The molecule has 2 aromatic rings. The maximum Gasteiger partial charge on any atom is 0.339 e. The van der Waals surface area contributed by atoms with Crippen molar-refractivity contribution in [3.8, 4) is 0 Å². The van der Waals surface area contributed by atoms with Crippen molar-refractivity contribution in [3.63, 3.8) is 0 Å². The van der Waals surface area contributed by atoms with Crippen molar-refractivity contribution in [3.05, 3.63) is 40.8 Å². The summed E-state index contributed by atoms with van der Waals surface area (Å²) in [4.78, 5) is 15.7. The summed E-state index contributed by atoms with van der Waals surface area (Å²) < 4.78 is 18.4. The Morgan fingerprint density at radius 3 is 2.74 bits per heavy atom. The first-order chi connectivity index (χ1) is 8.97. The topological polar surface area (TPSA) is 59.4 Å². The fraction of sp³-hybridized carbons (Fsp3) is 0.286. The number of fused-ring (bicyclic) bond motifs is 1. The molecule has 0 aliphatic rings. The molecule has 1 atom stereocenters. The molecule has 0 aliphatic carbocycles. The molecule has 1 heterocycles. The zero-order chi connectivity index (χ0) is 14.2. The van der Waals surface area contributed by atoms with Gasteiger partial charge in [0.05, 0.1) is 12.6 Å². The minimum Gasteiger partial charge on any atom is -0.467 e. The van der Waals surface area contributed by atoms with Crippen molar-refractivity contribution in [1.29, 1.82) is 0 Å². The first-order valence-corrected chi connectivity index (χ1v) is 5.78. The first kappa shape index (κ1) is 13.4. The summed E-state index contributed by atoms with van der Waals surface area (Å²) >= 11 is 0. The van der Waals surface area contributed by atoms with Crippen LogP contribution in [0, 0.1) is 19.7 Å². The third-order valence-corrected chi connectivity index (χ3v) is 3.15. The number of methoxy groups -OCH3 is 1. The normalized spacial score (nSPS) is 12.5. The fourth-order valence-electron chi connectivity index (χ4n) is 2.26. The average molecular weight is 263 g/mol. The van der Waals surface area contributed by atoms with E-state index in [-0.39, 0.29) is 0 Å². The van der Waals surface area contributed by atoms with Crippen LogP contribution in [0.3, 0.4) is 0 Å². The molecule has 0 saturated carbocycles. The van der Waals surface area contributed by atoms with Gasteiger partial charge in [-0.05, 0) is 31.5 Å². The molecule has 19 heavy (non-hydrogen) atoms. The monoisotopic (exact) mass is 263 g/mol. The molecular formula is C14H14FNO3. The number of aryl methyl sites for hydroxylation is 2. The van der Waals surface area contributed by atoms with Crippen LogP contribution in [-0.2, 0) is 9.53 Å². The number of ether oxygens (including phenoxy) is 1. The zero-order valence-corrected chi connectivity index (χ0v) is 10.9. The molecule has 0 fully saturated rings. The lowest BCUT2D eigenvalue weighted by atomic mass is 9.97. The predicted octanol–water partition coefficient (Wildman–Crippen LogP) is 2.20. The second-order valence-corrected chi connectivity index (χ2v) is 4.30. The Labute approximate surface area is 109 Å². The lowest BCUT2D eigenvalue weighted by Gasteiger charge is -2.16. The quantitative estimate of drug-likeness (QED) is 0.844. The van der Waals surface area contributed by atoms with Gasteiger partial charge in [-0.2, -0.15) is 0 Å². The van der Waals surface area contributed by atoms with E-state index in [4.69, 9.17) is 0 Å². The molecule has 1 unspecified atom stereocenters. The fourth-order valence-corrected chi connectivity index (χ4v) is 2.26. The number of rotatable bonds is 2. The van der Waals surface area contributed by atoms with Gasteiger partial charge in [0.15, 0.2) is 6.10 Å². The third kappa shape index (κ3) is 2.17. The summed E-state index contributed by atoms with van der Waals surface area (Å²) in [6, 6.07) is 4.58. The van der Waals surface area contributed by atoms with Gasteiger partial charge in [-0.25, -0.2) is 9.18 Å². The number of halogens is 1. The van der Waals surface area contributed by atoms with E-state index in [1.165, 1.54) is 13.2 Å². The van der Waals surface area contributed by atoms with Gasteiger partial charge >= 0.3 is 5.97 Å². The highest BCUT2D eigenvalue weighted by Crippen LogP contribution is 2.29. The average Bonchev–Trinajstić information content (AvgIpc) is 2.37. The van der Waals surface area contributed by atoms with Gasteiger partial charge in [0.2, 0.25) is 0 Å². The summed E-state index contributed by atoms with van der Waals surface area (Å²) in [5.74, 6) is -1.22. The number of benzene rings is 1. The Hall–Kier alpha value is -2.01. The van der Waals surface area contributed by atoms with Crippen molar-refractivity contribution >= 4 is 16.9 Å². The molecule has 1 N–H and O–H groups in total. The van der Waals surface area contributed by atoms with Crippen LogP contribution in [0.4, 0.5) is 4.39 Å². The molecule has 0 aliphatic heterocycles. The van der Waals surface area contributed by atoms with Crippen molar-refractivity contribution < 1.29 is 19.0 Å². The molecule has 0 spiro atoms. The van der Waals surface area contributed by atoms with Gasteiger partial charge in [-0.3, -0.25) is 4.98 Å². The summed E-state index contributed by atoms with van der Waals surface area (Å²) in [5.41, 5.74) is 1.77. The summed E-state index contributed by atoms with van der Waals surface area (Å²) in [6.45, 7) is 3.32. The van der Waals surface area contributed by atoms with Crippen LogP contribution in [0.25, 0.3) is 10.9 Å². The number of aliphatic hydroxyl groups excluding tert-OH is 1. The van der Waals surface area contributed by atoms with E-state index in [0.717, 1.165) is 0 Å². The number of nitrogens with zero attached hydrogens (tertiary/aromatic N) is 1. The van der Waals surface area contributed by atoms with E-state index in [2.05, 4.69) is 9.72 Å². The van der Waals surface area contributed by atoms with Crippen LogP contribution < -0.4 is 0 Å². The van der Waals surface area contributed by atoms with Gasteiger partial charge in [0.1, 0.15) is 5.82 Å². The Morgan fingerprint density at radius 2 is 2.11 bits per heavy atom. The van der Waals surface area contributed by atoms with E-state index in [9.17, 15) is 14.3 Å². The lowest BCUT2D eigenvalue weighted by Crippen LogP contribution is -2.17. The molecule has 5 heteroatoms. The van der Waals surface area contributed by atoms with Gasteiger partial charge in [0, 0.05) is 16.6 Å². The maximum absolute atomic E-state index is 13.9. The number of esters is 1. The van der Waals surface area contributed by atoms with Crippen molar-refractivity contribution in [2.24, 2.45) is 0 Å². The molecule has 1 aromatic carbocycles. The van der Waals surface area contributed by atoms with Gasteiger partial charge in [-0.1, -0.05) is 6.07 Å². The Bertz CT molecular complexity index is 655. The smallest absolute Gasteiger partial charge is 0.339 e. The molecule has 0 amide bonds. The highest BCUT2D eigenvalue weighted by molar-refractivity contribution is 5.86. The summed E-state index contributed by atoms with van der Waals surface area (Å²) in [5, 5.41) is 10.3. The molecule has 0 bridgehead atoms. The number of aromatic nitrogens is 1. The minimum absolute atomic E-state index is 0.296. The molecule has 2 rings (SSSR count). The van der Waals surface area contributed by atoms with Crippen molar-refractivity contribution in [2.45, 2.75) is 20.0 Å². The number of pyridine rings is 1. The zero-order valence-electron chi connectivity index (χ0n) is 10.9. The highest BCUT2D eigenvalue weighted by Gasteiger charge is 2.24. The van der Waals surface area contributed by atoms with Gasteiger partial charge < -0.3 is 9.84 Å².